The molecule has 3 rings (SSSR count). The summed E-state index contributed by atoms with van der Waals surface area (Å²) in [4.78, 5) is 2.35. The van der Waals surface area contributed by atoms with E-state index in [2.05, 4.69) is 32.4 Å². The Morgan fingerprint density at radius 1 is 1.41 bits per heavy atom. The van der Waals surface area contributed by atoms with Gasteiger partial charge in [-0.25, -0.2) is 4.68 Å². The second-order valence-corrected chi connectivity index (χ2v) is 5.63. The third-order valence-electron chi connectivity index (χ3n) is 3.87. The molecule has 0 aromatic carbocycles. The van der Waals surface area contributed by atoms with E-state index in [0.717, 1.165) is 58.0 Å². The van der Waals surface area contributed by atoms with Gasteiger partial charge < -0.3 is 4.74 Å². The van der Waals surface area contributed by atoms with E-state index in [9.17, 15) is 0 Å². The molecular weight excluding hydrogens is 282 g/mol. The largest absolute Gasteiger partial charge is 0.374 e. The van der Waals surface area contributed by atoms with Crippen molar-refractivity contribution in [3.8, 4) is 0 Å². The summed E-state index contributed by atoms with van der Waals surface area (Å²) in [7, 11) is 0. The minimum absolute atomic E-state index is 0.161. The van der Waals surface area contributed by atoms with Crippen LogP contribution in [0, 0.1) is 0 Å². The van der Waals surface area contributed by atoms with Crippen LogP contribution in [0.3, 0.4) is 0 Å². The van der Waals surface area contributed by atoms with E-state index >= 15 is 0 Å². The average Bonchev–Trinajstić information content (AvgIpc) is 3.18. The van der Waals surface area contributed by atoms with Crippen molar-refractivity contribution in [3.05, 3.63) is 24.3 Å². The van der Waals surface area contributed by atoms with Crippen LogP contribution in [-0.2, 0) is 24.4 Å². The quantitative estimate of drug-likeness (QED) is 0.744. The Morgan fingerprint density at radius 3 is 3.18 bits per heavy atom. The van der Waals surface area contributed by atoms with Crippen molar-refractivity contribution in [2.75, 3.05) is 19.7 Å². The summed E-state index contributed by atoms with van der Waals surface area (Å²) in [6.45, 7) is 7.14. The lowest BCUT2D eigenvalue weighted by atomic mass is 10.2. The molecule has 0 N–H and O–H groups in total. The first-order valence-corrected chi connectivity index (χ1v) is 7.91. The second kappa shape index (κ2) is 7.46. The Balaban J connectivity index is 1.55. The van der Waals surface area contributed by atoms with E-state index in [1.54, 1.807) is 6.20 Å². The Bertz CT molecular complexity index is 553. The van der Waals surface area contributed by atoms with Crippen molar-refractivity contribution in [1.29, 1.82) is 0 Å². The van der Waals surface area contributed by atoms with Gasteiger partial charge in [0.2, 0.25) is 0 Å². The van der Waals surface area contributed by atoms with Crippen molar-refractivity contribution in [1.82, 2.24) is 34.9 Å². The van der Waals surface area contributed by atoms with Crippen LogP contribution in [0.15, 0.2) is 18.5 Å². The van der Waals surface area contributed by atoms with Crippen LogP contribution in [0.4, 0.5) is 0 Å². The lowest BCUT2D eigenvalue weighted by molar-refractivity contribution is -0.0412. The van der Waals surface area contributed by atoms with E-state index < -0.39 is 0 Å². The highest BCUT2D eigenvalue weighted by atomic mass is 16.5. The zero-order chi connectivity index (χ0) is 15.2. The van der Waals surface area contributed by atoms with Crippen LogP contribution < -0.4 is 0 Å². The summed E-state index contributed by atoms with van der Waals surface area (Å²) in [5.74, 6) is 0.938. The van der Waals surface area contributed by atoms with Gasteiger partial charge >= 0.3 is 0 Å². The van der Waals surface area contributed by atoms with Gasteiger partial charge in [-0.3, -0.25) is 9.58 Å². The van der Waals surface area contributed by atoms with E-state index in [-0.39, 0.29) is 6.10 Å². The van der Waals surface area contributed by atoms with Gasteiger partial charge in [0.15, 0.2) is 5.82 Å². The predicted molar refractivity (Wildman–Crippen MR) is 80.0 cm³/mol. The molecule has 0 bridgehead atoms. The zero-order valence-corrected chi connectivity index (χ0v) is 13.0. The van der Waals surface area contributed by atoms with E-state index in [4.69, 9.17) is 4.74 Å². The molecule has 1 fully saturated rings. The number of rotatable bonds is 7. The van der Waals surface area contributed by atoms with Crippen molar-refractivity contribution >= 4 is 0 Å². The number of nitrogens with zero attached hydrogens (tertiary/aromatic N) is 7. The first-order chi connectivity index (χ1) is 10.8. The van der Waals surface area contributed by atoms with Gasteiger partial charge in [0.25, 0.3) is 0 Å². The van der Waals surface area contributed by atoms with Gasteiger partial charge in [0, 0.05) is 32.0 Å². The van der Waals surface area contributed by atoms with Gasteiger partial charge in [-0.15, -0.1) is 5.10 Å². The molecule has 0 saturated carbocycles. The van der Waals surface area contributed by atoms with Crippen molar-refractivity contribution in [2.24, 2.45) is 0 Å². The summed E-state index contributed by atoms with van der Waals surface area (Å²) < 4.78 is 9.67. The van der Waals surface area contributed by atoms with Crippen LogP contribution >= 0.6 is 0 Å². The molecule has 8 nitrogen and oxygen atoms in total. The minimum Gasteiger partial charge on any atom is -0.374 e. The number of tetrazole rings is 1. The van der Waals surface area contributed by atoms with Gasteiger partial charge in [0.05, 0.1) is 25.8 Å². The highest BCUT2D eigenvalue weighted by Crippen LogP contribution is 2.10. The summed E-state index contributed by atoms with van der Waals surface area (Å²) in [5.41, 5.74) is 0. The molecule has 0 unspecified atom stereocenters. The number of aromatic nitrogens is 6. The van der Waals surface area contributed by atoms with Crippen LogP contribution in [0.2, 0.25) is 0 Å². The van der Waals surface area contributed by atoms with Crippen molar-refractivity contribution in [2.45, 2.75) is 45.5 Å². The molecule has 1 aliphatic heterocycles. The van der Waals surface area contributed by atoms with E-state index in [1.807, 2.05) is 21.6 Å². The molecule has 3 heterocycles. The average molecular weight is 305 g/mol. The normalized spacial score (nSPS) is 19.6. The standard InChI is InChI=1S/C14H23N7O/c1-2-3-7-21-14(16-17-18-21)12-19-8-9-22-13(10-19)11-20-6-4-5-15-20/h4-6,13H,2-3,7-12H2,1H3/t13-/m0/s1. The van der Waals surface area contributed by atoms with Crippen molar-refractivity contribution in [3.63, 3.8) is 0 Å². The van der Waals surface area contributed by atoms with Crippen LogP contribution in [0.25, 0.3) is 0 Å². The Kier molecular flexibility index (Phi) is 5.12. The predicted octanol–water partition coefficient (Wildman–Crippen LogP) is 0.571. The Hall–Kier alpha value is -1.80. The molecule has 120 valence electrons. The maximum absolute atomic E-state index is 5.83. The van der Waals surface area contributed by atoms with Gasteiger partial charge in [-0.05, 0) is 22.9 Å². The number of ether oxygens (including phenoxy) is 1. The smallest absolute Gasteiger partial charge is 0.165 e. The van der Waals surface area contributed by atoms with Crippen LogP contribution in [-0.4, -0.2) is 60.7 Å². The van der Waals surface area contributed by atoms with Gasteiger partial charge in [-0.2, -0.15) is 5.10 Å². The third kappa shape index (κ3) is 3.89. The lowest BCUT2D eigenvalue weighted by Gasteiger charge is -2.32. The van der Waals surface area contributed by atoms with Gasteiger partial charge in [-0.1, -0.05) is 13.3 Å². The molecule has 8 heteroatoms. The molecule has 0 aliphatic carbocycles. The number of aryl methyl sites for hydroxylation is 1. The fourth-order valence-electron chi connectivity index (χ4n) is 2.67. The molecule has 22 heavy (non-hydrogen) atoms. The molecule has 1 atom stereocenters. The monoisotopic (exact) mass is 305 g/mol. The maximum Gasteiger partial charge on any atom is 0.165 e. The molecule has 2 aromatic heterocycles. The maximum atomic E-state index is 5.83. The zero-order valence-electron chi connectivity index (χ0n) is 13.0. The molecular formula is C14H23N7O. The number of morpholine rings is 1. The van der Waals surface area contributed by atoms with Crippen LogP contribution in [0.5, 0.6) is 0 Å². The molecule has 2 aromatic rings. The third-order valence-corrected chi connectivity index (χ3v) is 3.87. The van der Waals surface area contributed by atoms with Crippen LogP contribution in [0.1, 0.15) is 25.6 Å². The number of hydrogen-bond acceptors (Lipinski definition) is 6. The molecule has 1 aliphatic rings. The summed E-state index contributed by atoms with van der Waals surface area (Å²) in [6, 6.07) is 1.93. The number of unbranched alkanes of at least 4 members (excludes halogenated alkanes) is 1. The molecule has 0 spiro atoms. The highest BCUT2D eigenvalue weighted by molar-refractivity contribution is 4.84. The molecule has 0 radical (unpaired) electrons. The topological polar surface area (TPSA) is 73.9 Å². The minimum atomic E-state index is 0.161. The fourth-order valence-corrected chi connectivity index (χ4v) is 2.67. The molecule has 1 saturated heterocycles. The first-order valence-electron chi connectivity index (χ1n) is 7.91. The first kappa shape index (κ1) is 15.1. The van der Waals surface area contributed by atoms with Gasteiger partial charge in [0.1, 0.15) is 0 Å². The fraction of sp³-hybridized carbons (Fsp3) is 0.714. The molecule has 0 amide bonds. The SMILES string of the molecule is CCCCn1nnnc1CN1CCO[C@H](Cn2cccn2)C1. The van der Waals surface area contributed by atoms with Crippen molar-refractivity contribution < 1.29 is 4.74 Å². The summed E-state index contributed by atoms with van der Waals surface area (Å²) in [6.07, 6.45) is 6.16. The Labute approximate surface area is 130 Å². The highest BCUT2D eigenvalue weighted by Gasteiger charge is 2.22. The van der Waals surface area contributed by atoms with E-state index in [1.165, 1.54) is 0 Å². The Morgan fingerprint density at radius 2 is 2.36 bits per heavy atom. The van der Waals surface area contributed by atoms with E-state index in [0.29, 0.717) is 0 Å². The summed E-state index contributed by atoms with van der Waals surface area (Å²) in [5, 5.41) is 16.3. The lowest BCUT2D eigenvalue weighted by Crippen LogP contribution is -2.44. The second-order valence-electron chi connectivity index (χ2n) is 5.63. The summed E-state index contributed by atoms with van der Waals surface area (Å²) >= 11 is 0. The number of hydrogen-bond donors (Lipinski definition) is 0.